The zero-order valence-corrected chi connectivity index (χ0v) is 10.3. The summed E-state index contributed by atoms with van der Waals surface area (Å²) in [6.07, 6.45) is 0. The predicted molar refractivity (Wildman–Crippen MR) is 61.3 cm³/mol. The van der Waals surface area contributed by atoms with E-state index in [9.17, 15) is 4.79 Å². The van der Waals surface area contributed by atoms with E-state index in [-0.39, 0.29) is 16.8 Å². The molecule has 0 aromatic heterocycles. The lowest BCUT2D eigenvalue weighted by atomic mass is 9.97. The van der Waals surface area contributed by atoms with E-state index >= 15 is 0 Å². The molecule has 0 aromatic rings. The molecular formula is C10H15N5O2. The lowest BCUT2D eigenvalue weighted by molar-refractivity contribution is -0.135. The molecule has 7 heteroatoms. The van der Waals surface area contributed by atoms with Gasteiger partial charge in [-0.15, -0.1) is 0 Å². The van der Waals surface area contributed by atoms with Crippen molar-refractivity contribution in [1.29, 1.82) is 5.26 Å². The lowest BCUT2D eigenvalue weighted by Gasteiger charge is -2.19. The number of nitrogens with zero attached hydrogens (tertiary/aromatic N) is 4. The summed E-state index contributed by atoms with van der Waals surface area (Å²) >= 11 is 0. The van der Waals surface area contributed by atoms with Crippen LogP contribution in [0.25, 0.3) is 10.4 Å². The third kappa shape index (κ3) is 5.44. The molecule has 0 saturated carbocycles. The van der Waals surface area contributed by atoms with Crippen LogP contribution in [0.2, 0.25) is 0 Å². The first-order valence-corrected chi connectivity index (χ1v) is 4.87. The fourth-order valence-electron chi connectivity index (χ4n) is 0.865. The van der Waals surface area contributed by atoms with Crippen LogP contribution in [-0.4, -0.2) is 19.6 Å². The van der Waals surface area contributed by atoms with Gasteiger partial charge in [0.15, 0.2) is 5.57 Å². The van der Waals surface area contributed by atoms with E-state index in [4.69, 9.17) is 10.8 Å². The van der Waals surface area contributed by atoms with E-state index in [0.717, 1.165) is 7.11 Å². The summed E-state index contributed by atoms with van der Waals surface area (Å²) in [7, 11) is 1.15. The van der Waals surface area contributed by atoms with E-state index in [1.165, 1.54) is 0 Å². The second kappa shape index (κ2) is 6.40. The summed E-state index contributed by atoms with van der Waals surface area (Å²) in [4.78, 5) is 13.8. The molecule has 1 N–H and O–H groups in total. The zero-order valence-electron chi connectivity index (χ0n) is 10.3. The average Bonchev–Trinajstić information content (AvgIpc) is 2.25. The monoisotopic (exact) mass is 237 g/mol. The molecule has 0 aromatic carbocycles. The third-order valence-electron chi connectivity index (χ3n) is 1.67. The molecule has 0 aliphatic heterocycles. The van der Waals surface area contributed by atoms with Gasteiger partial charge in [-0.25, -0.2) is 4.79 Å². The first-order chi connectivity index (χ1) is 7.85. The molecule has 0 spiro atoms. The van der Waals surface area contributed by atoms with Crippen LogP contribution in [0.15, 0.2) is 16.5 Å². The van der Waals surface area contributed by atoms with Crippen molar-refractivity contribution in [1.82, 2.24) is 5.32 Å². The first-order valence-electron chi connectivity index (χ1n) is 4.87. The van der Waals surface area contributed by atoms with Crippen LogP contribution >= 0.6 is 0 Å². The van der Waals surface area contributed by atoms with E-state index in [2.05, 4.69) is 20.1 Å². The number of methoxy groups -OCH3 is 1. The lowest BCUT2D eigenvalue weighted by Crippen LogP contribution is -2.27. The summed E-state index contributed by atoms with van der Waals surface area (Å²) in [5.74, 6) is -0.951. The van der Waals surface area contributed by atoms with Gasteiger partial charge in [0.1, 0.15) is 11.9 Å². The average molecular weight is 237 g/mol. The third-order valence-corrected chi connectivity index (χ3v) is 1.67. The van der Waals surface area contributed by atoms with Gasteiger partial charge >= 0.3 is 5.97 Å². The van der Waals surface area contributed by atoms with Crippen molar-refractivity contribution in [3.8, 4) is 6.07 Å². The van der Waals surface area contributed by atoms with Gasteiger partial charge < -0.3 is 10.1 Å². The Morgan fingerprint density at radius 3 is 2.53 bits per heavy atom. The fraction of sp³-hybridized carbons (Fsp3) is 0.600. The van der Waals surface area contributed by atoms with Gasteiger partial charge in [0.05, 0.1) is 7.11 Å². The van der Waals surface area contributed by atoms with Gasteiger partial charge in [0.25, 0.3) is 0 Å². The number of nitrogens with one attached hydrogen (secondary N) is 1. The molecule has 0 aliphatic carbocycles. The van der Waals surface area contributed by atoms with Gasteiger partial charge in [-0.05, 0) is 16.1 Å². The molecule has 92 valence electrons. The highest BCUT2D eigenvalue weighted by Crippen LogP contribution is 2.13. The Hall–Kier alpha value is -2.19. The van der Waals surface area contributed by atoms with Gasteiger partial charge in [0, 0.05) is 11.5 Å². The summed E-state index contributed by atoms with van der Waals surface area (Å²) in [5, 5.41) is 14.9. The summed E-state index contributed by atoms with van der Waals surface area (Å²) in [6.45, 7) is 6.32. The smallest absolute Gasteiger partial charge is 0.350 e. The minimum absolute atomic E-state index is 0.0904. The van der Waals surface area contributed by atoms with Gasteiger partial charge in [-0.2, -0.15) is 5.26 Å². The molecule has 0 fully saturated rings. The van der Waals surface area contributed by atoms with Crippen molar-refractivity contribution in [2.75, 3.05) is 13.7 Å². The quantitative estimate of drug-likeness (QED) is 0.201. The summed E-state index contributed by atoms with van der Waals surface area (Å²) in [6, 6.07) is 1.65. The normalized spacial score (nSPS) is 11.7. The summed E-state index contributed by atoms with van der Waals surface area (Å²) < 4.78 is 4.42. The number of azide groups is 1. The molecule has 0 atom stereocenters. The Morgan fingerprint density at radius 1 is 1.59 bits per heavy atom. The van der Waals surface area contributed by atoms with Crippen molar-refractivity contribution in [2.24, 2.45) is 10.5 Å². The maximum absolute atomic E-state index is 11.3. The fourth-order valence-corrected chi connectivity index (χ4v) is 0.865. The Morgan fingerprint density at radius 2 is 2.18 bits per heavy atom. The molecule has 17 heavy (non-hydrogen) atoms. The van der Waals surface area contributed by atoms with E-state index in [0.29, 0.717) is 6.54 Å². The maximum atomic E-state index is 11.3. The maximum Gasteiger partial charge on any atom is 0.350 e. The molecule has 0 amide bonds. The number of nitriles is 1. The van der Waals surface area contributed by atoms with E-state index in [1.807, 2.05) is 20.8 Å². The largest absolute Gasteiger partial charge is 0.465 e. The van der Waals surface area contributed by atoms with Crippen LogP contribution in [-0.2, 0) is 9.53 Å². The Labute approximate surface area is 99.7 Å². The van der Waals surface area contributed by atoms with Crippen LogP contribution < -0.4 is 5.32 Å². The number of ether oxygens (including phenoxy) is 1. The minimum Gasteiger partial charge on any atom is -0.465 e. The van der Waals surface area contributed by atoms with Crippen LogP contribution in [0, 0.1) is 16.7 Å². The van der Waals surface area contributed by atoms with Crippen molar-refractivity contribution < 1.29 is 9.53 Å². The van der Waals surface area contributed by atoms with E-state index in [1.54, 1.807) is 6.07 Å². The van der Waals surface area contributed by atoms with Crippen molar-refractivity contribution in [3.05, 3.63) is 21.8 Å². The minimum atomic E-state index is -0.837. The van der Waals surface area contributed by atoms with Crippen molar-refractivity contribution in [2.45, 2.75) is 20.8 Å². The molecule has 0 aliphatic rings. The zero-order chi connectivity index (χ0) is 13.5. The van der Waals surface area contributed by atoms with Crippen LogP contribution in [0.3, 0.4) is 0 Å². The molecule has 0 bridgehead atoms. The number of hydrogen-bond donors (Lipinski definition) is 1. The highest BCUT2D eigenvalue weighted by Gasteiger charge is 2.17. The molecular weight excluding hydrogens is 222 g/mol. The Bertz CT molecular complexity index is 407. The number of carbonyl (C=O) groups excluding carboxylic acids is 1. The standard InChI is InChI=1S/C10H15N5O2/c1-10(2,3)6-13-8(14-15-12)7(5-11)9(16)17-4/h13H,6H2,1-4H3/b8-7+. The number of carbonyl (C=O) groups is 1. The topological polar surface area (TPSA) is 111 Å². The Balaban J connectivity index is 5.19. The summed E-state index contributed by atoms with van der Waals surface area (Å²) in [5.41, 5.74) is 7.96. The molecule has 0 rings (SSSR count). The highest BCUT2D eigenvalue weighted by molar-refractivity contribution is 5.93. The predicted octanol–water partition coefficient (Wildman–Crippen LogP) is 1.84. The van der Waals surface area contributed by atoms with Crippen LogP contribution in [0.5, 0.6) is 0 Å². The highest BCUT2D eigenvalue weighted by atomic mass is 16.5. The molecule has 0 radical (unpaired) electrons. The molecule has 0 unspecified atom stereocenters. The number of rotatable bonds is 4. The van der Waals surface area contributed by atoms with Gasteiger partial charge in [0.2, 0.25) is 0 Å². The van der Waals surface area contributed by atoms with Crippen LogP contribution in [0.4, 0.5) is 0 Å². The molecule has 0 saturated heterocycles. The second-order valence-electron chi connectivity index (χ2n) is 4.43. The number of esters is 1. The molecule has 7 nitrogen and oxygen atoms in total. The van der Waals surface area contributed by atoms with Crippen LogP contribution in [0.1, 0.15) is 20.8 Å². The van der Waals surface area contributed by atoms with Crippen molar-refractivity contribution >= 4 is 5.97 Å². The van der Waals surface area contributed by atoms with Gasteiger partial charge in [-0.1, -0.05) is 20.8 Å². The van der Waals surface area contributed by atoms with E-state index < -0.39 is 5.97 Å². The van der Waals surface area contributed by atoms with Gasteiger partial charge in [-0.3, -0.25) is 0 Å². The first kappa shape index (κ1) is 14.8. The number of hydrogen-bond acceptors (Lipinski definition) is 5. The second-order valence-corrected chi connectivity index (χ2v) is 4.43. The SMILES string of the molecule is COC(=O)/C(C#N)=C(/N=[N+]=[N-])NCC(C)(C)C. The van der Waals surface area contributed by atoms with Crippen molar-refractivity contribution in [3.63, 3.8) is 0 Å². The molecule has 0 heterocycles. The Kier molecular flexibility index (Phi) is 5.58.